The highest BCUT2D eigenvalue weighted by Crippen LogP contribution is 2.32. The molecule has 4 rings (SSSR count). The average Bonchev–Trinajstić information content (AvgIpc) is 3.21. The van der Waals surface area contributed by atoms with Crippen molar-refractivity contribution in [1.29, 1.82) is 0 Å². The van der Waals surface area contributed by atoms with Crippen LogP contribution in [0.25, 0.3) is 5.70 Å². The molecular weight excluding hydrogens is 409 g/mol. The molecule has 8 heteroatoms. The zero-order chi connectivity index (χ0) is 22.0. The van der Waals surface area contributed by atoms with E-state index in [1.54, 1.807) is 54.3 Å². The number of alkyl halides is 3. The molecule has 0 bridgehead atoms. The van der Waals surface area contributed by atoms with Gasteiger partial charge in [-0.1, -0.05) is 12.1 Å². The van der Waals surface area contributed by atoms with Crippen LogP contribution in [0.3, 0.4) is 0 Å². The van der Waals surface area contributed by atoms with Crippen LogP contribution in [-0.4, -0.2) is 22.5 Å². The van der Waals surface area contributed by atoms with Crippen LogP contribution in [0.15, 0.2) is 73.1 Å². The molecule has 0 saturated carbocycles. The van der Waals surface area contributed by atoms with E-state index in [1.165, 1.54) is 17.2 Å². The Morgan fingerprint density at radius 2 is 1.77 bits per heavy atom. The summed E-state index contributed by atoms with van der Waals surface area (Å²) in [4.78, 5) is 14.3. The van der Waals surface area contributed by atoms with Gasteiger partial charge >= 0.3 is 6.18 Å². The number of hydrogen-bond donors (Lipinski definition) is 0. The van der Waals surface area contributed by atoms with Crippen molar-refractivity contribution < 1.29 is 27.4 Å². The topological polar surface area (TPSA) is 43.7 Å². The highest BCUT2D eigenvalue weighted by Gasteiger charge is 2.32. The molecule has 0 radical (unpaired) electrons. The Labute approximate surface area is 176 Å². The first-order valence-electron chi connectivity index (χ1n) is 9.48. The minimum absolute atomic E-state index is 0.00820. The van der Waals surface area contributed by atoms with Gasteiger partial charge in [-0.25, -0.2) is 0 Å². The molecule has 1 amide bonds. The molecule has 5 nitrogen and oxygen atoms in total. The van der Waals surface area contributed by atoms with E-state index in [-0.39, 0.29) is 19.0 Å². The second-order valence-electron chi connectivity index (χ2n) is 7.00. The van der Waals surface area contributed by atoms with Crippen molar-refractivity contribution in [2.45, 2.75) is 19.3 Å². The minimum atomic E-state index is -4.45. The summed E-state index contributed by atoms with van der Waals surface area (Å²) in [6, 6.07) is 15.5. The second kappa shape index (κ2) is 8.22. The van der Waals surface area contributed by atoms with E-state index in [0.29, 0.717) is 22.8 Å². The highest BCUT2D eigenvalue weighted by atomic mass is 19.4. The molecule has 2 aromatic carbocycles. The van der Waals surface area contributed by atoms with Crippen molar-refractivity contribution in [2.75, 3.05) is 7.11 Å². The van der Waals surface area contributed by atoms with Crippen LogP contribution in [0.4, 0.5) is 13.2 Å². The summed E-state index contributed by atoms with van der Waals surface area (Å²) in [7, 11) is 1.56. The summed E-state index contributed by atoms with van der Waals surface area (Å²) in [5.74, 6) is 0.960. The third-order valence-electron chi connectivity index (χ3n) is 4.95. The molecule has 0 aliphatic carbocycles. The molecule has 0 fully saturated rings. The monoisotopic (exact) mass is 428 g/mol. The Morgan fingerprint density at radius 1 is 1.03 bits per heavy atom. The SMILES string of the molecule is COc1ccc(OC=C2c3cccn3CC(=O)N2Cc2cccc(C(F)(F)F)c2)cc1. The van der Waals surface area contributed by atoms with Gasteiger partial charge in [0.1, 0.15) is 30.0 Å². The molecule has 1 aliphatic heterocycles. The van der Waals surface area contributed by atoms with Gasteiger partial charge in [0.15, 0.2) is 0 Å². The number of fused-ring (bicyclic) bond motifs is 1. The molecule has 31 heavy (non-hydrogen) atoms. The van der Waals surface area contributed by atoms with E-state index in [4.69, 9.17) is 9.47 Å². The van der Waals surface area contributed by atoms with Gasteiger partial charge in [0, 0.05) is 6.20 Å². The molecule has 1 aliphatic rings. The van der Waals surface area contributed by atoms with E-state index < -0.39 is 11.7 Å². The van der Waals surface area contributed by atoms with E-state index in [0.717, 1.165) is 17.8 Å². The molecule has 1 aromatic heterocycles. The minimum Gasteiger partial charge on any atom is -0.497 e. The van der Waals surface area contributed by atoms with Crippen LogP contribution in [0.2, 0.25) is 0 Å². The average molecular weight is 428 g/mol. The number of methoxy groups -OCH3 is 1. The number of carbonyl (C=O) groups is 1. The lowest BCUT2D eigenvalue weighted by molar-refractivity contribution is -0.137. The summed E-state index contributed by atoms with van der Waals surface area (Å²) in [5.41, 5.74) is 0.825. The van der Waals surface area contributed by atoms with Crippen LogP contribution in [0.1, 0.15) is 16.8 Å². The number of rotatable bonds is 5. The van der Waals surface area contributed by atoms with Gasteiger partial charge in [0.05, 0.1) is 24.9 Å². The Balaban J connectivity index is 1.65. The Hall–Kier alpha value is -3.68. The number of ether oxygens (including phenoxy) is 2. The smallest absolute Gasteiger partial charge is 0.416 e. The Bertz CT molecular complexity index is 1120. The number of benzene rings is 2. The number of halogens is 3. The van der Waals surface area contributed by atoms with Gasteiger partial charge in [-0.15, -0.1) is 0 Å². The molecule has 0 unspecified atom stereocenters. The molecule has 2 heterocycles. The fourth-order valence-corrected chi connectivity index (χ4v) is 3.39. The van der Waals surface area contributed by atoms with Gasteiger partial charge < -0.3 is 18.9 Å². The van der Waals surface area contributed by atoms with Gasteiger partial charge in [0.2, 0.25) is 5.91 Å². The Morgan fingerprint density at radius 3 is 2.48 bits per heavy atom. The maximum absolute atomic E-state index is 13.1. The number of amides is 1. The van der Waals surface area contributed by atoms with E-state index in [2.05, 4.69) is 0 Å². The number of carbonyl (C=O) groups excluding carboxylic acids is 1. The first kappa shape index (κ1) is 20.6. The lowest BCUT2D eigenvalue weighted by atomic mass is 10.1. The molecule has 0 atom stereocenters. The van der Waals surface area contributed by atoms with E-state index in [9.17, 15) is 18.0 Å². The van der Waals surface area contributed by atoms with Gasteiger partial charge in [-0.2, -0.15) is 13.2 Å². The zero-order valence-electron chi connectivity index (χ0n) is 16.6. The van der Waals surface area contributed by atoms with Gasteiger partial charge in [-0.3, -0.25) is 4.79 Å². The lowest BCUT2D eigenvalue weighted by Gasteiger charge is -2.31. The fourth-order valence-electron chi connectivity index (χ4n) is 3.39. The van der Waals surface area contributed by atoms with Crippen molar-refractivity contribution in [2.24, 2.45) is 0 Å². The van der Waals surface area contributed by atoms with Crippen LogP contribution >= 0.6 is 0 Å². The van der Waals surface area contributed by atoms with Crippen LogP contribution < -0.4 is 9.47 Å². The second-order valence-corrected chi connectivity index (χ2v) is 7.00. The lowest BCUT2D eigenvalue weighted by Crippen LogP contribution is -2.37. The molecule has 3 aromatic rings. The first-order valence-corrected chi connectivity index (χ1v) is 9.48. The van der Waals surface area contributed by atoms with Crippen molar-refractivity contribution in [3.05, 3.63) is 89.9 Å². The standard InChI is InChI=1S/C23H19F3N2O3/c1-30-18-7-9-19(10-8-18)31-15-21-20-6-3-11-27(20)14-22(29)28(21)13-16-4-2-5-17(12-16)23(24,25)26/h2-12,15H,13-14H2,1H3. The quantitative estimate of drug-likeness (QED) is 0.541. The molecule has 0 N–H and O–H groups in total. The predicted molar refractivity (Wildman–Crippen MR) is 108 cm³/mol. The predicted octanol–water partition coefficient (Wildman–Crippen LogP) is 4.94. The van der Waals surface area contributed by atoms with Crippen molar-refractivity contribution in [1.82, 2.24) is 9.47 Å². The number of nitrogens with zero attached hydrogens (tertiary/aromatic N) is 2. The summed E-state index contributed by atoms with van der Waals surface area (Å²) >= 11 is 0. The molecule has 0 spiro atoms. The third-order valence-corrected chi connectivity index (χ3v) is 4.95. The van der Waals surface area contributed by atoms with Crippen LogP contribution in [-0.2, 0) is 24.1 Å². The highest BCUT2D eigenvalue weighted by molar-refractivity contribution is 5.89. The van der Waals surface area contributed by atoms with Crippen LogP contribution in [0.5, 0.6) is 11.5 Å². The molecule has 160 valence electrons. The maximum atomic E-state index is 13.1. The summed E-state index contributed by atoms with van der Waals surface area (Å²) in [6.07, 6.45) is -1.23. The van der Waals surface area contributed by atoms with E-state index >= 15 is 0 Å². The van der Waals surface area contributed by atoms with Crippen molar-refractivity contribution >= 4 is 11.6 Å². The van der Waals surface area contributed by atoms with Crippen molar-refractivity contribution in [3.63, 3.8) is 0 Å². The largest absolute Gasteiger partial charge is 0.497 e. The number of hydrogen-bond acceptors (Lipinski definition) is 3. The van der Waals surface area contributed by atoms with Crippen molar-refractivity contribution in [3.8, 4) is 11.5 Å². The first-order chi connectivity index (χ1) is 14.8. The summed E-state index contributed by atoms with van der Waals surface area (Å²) < 4.78 is 51.9. The summed E-state index contributed by atoms with van der Waals surface area (Å²) in [5, 5.41) is 0. The maximum Gasteiger partial charge on any atom is 0.416 e. The van der Waals surface area contributed by atoms with Gasteiger partial charge in [0.25, 0.3) is 0 Å². The van der Waals surface area contributed by atoms with Gasteiger partial charge in [-0.05, 0) is 54.1 Å². The molecular formula is C23H19F3N2O3. The number of aromatic nitrogens is 1. The fraction of sp³-hybridized carbons (Fsp3) is 0.174. The third kappa shape index (κ3) is 4.42. The summed E-state index contributed by atoms with van der Waals surface area (Å²) in [6.45, 7) is 0.0902. The Kier molecular flexibility index (Phi) is 5.46. The van der Waals surface area contributed by atoms with Crippen LogP contribution in [0, 0.1) is 0 Å². The zero-order valence-corrected chi connectivity index (χ0v) is 16.6. The normalized spacial score (nSPS) is 15.2. The van der Waals surface area contributed by atoms with E-state index in [1.807, 2.05) is 6.07 Å². The molecule has 0 saturated heterocycles.